The highest BCUT2D eigenvalue weighted by Gasteiger charge is 2.16. The van der Waals surface area contributed by atoms with Crippen LogP contribution in [0.5, 0.6) is 0 Å². The Kier molecular flexibility index (Phi) is 4.36. The Morgan fingerprint density at radius 3 is 2.50 bits per heavy atom. The first kappa shape index (κ1) is 13.5. The maximum atomic E-state index is 11.8. The van der Waals surface area contributed by atoms with E-state index in [-0.39, 0.29) is 23.0 Å². The molecule has 0 N–H and O–H groups in total. The van der Waals surface area contributed by atoms with Crippen molar-refractivity contribution >= 4 is 29.0 Å². The molecule has 0 aliphatic heterocycles. The lowest BCUT2D eigenvalue weighted by molar-refractivity contribution is 0.00307. The van der Waals surface area contributed by atoms with Crippen molar-refractivity contribution in [1.82, 2.24) is 0 Å². The van der Waals surface area contributed by atoms with E-state index >= 15 is 0 Å². The van der Waals surface area contributed by atoms with Gasteiger partial charge in [0.1, 0.15) is 6.61 Å². The van der Waals surface area contributed by atoms with Crippen LogP contribution in [0.15, 0.2) is 18.2 Å². The Morgan fingerprint density at radius 2 is 1.94 bits per heavy atom. The van der Waals surface area contributed by atoms with Crippen LogP contribution in [0.2, 0.25) is 10.0 Å². The van der Waals surface area contributed by atoms with Gasteiger partial charge in [0.25, 0.3) is 0 Å². The van der Waals surface area contributed by atoms with Crippen molar-refractivity contribution in [2.75, 3.05) is 6.61 Å². The van der Waals surface area contributed by atoms with E-state index in [0.717, 1.165) is 0 Å². The van der Waals surface area contributed by atoms with Crippen LogP contribution in [0.25, 0.3) is 0 Å². The Labute approximate surface area is 106 Å². The molecule has 4 heteroatoms. The number of ether oxygens (including phenoxy) is 1. The van der Waals surface area contributed by atoms with Crippen molar-refractivity contribution in [3.05, 3.63) is 33.8 Å². The lowest BCUT2D eigenvalue weighted by atomic mass is 10.1. The van der Waals surface area contributed by atoms with Gasteiger partial charge in [0.05, 0.1) is 15.6 Å². The first-order chi connectivity index (χ1) is 7.31. The summed E-state index contributed by atoms with van der Waals surface area (Å²) in [5.74, 6) is -0.164. The molecule has 0 amide bonds. The molecular weight excluding hydrogens is 247 g/mol. The molecule has 16 heavy (non-hydrogen) atoms. The largest absolute Gasteiger partial charge is 0.368 e. The molecule has 88 valence electrons. The van der Waals surface area contributed by atoms with Gasteiger partial charge in [0.15, 0.2) is 5.78 Å². The molecule has 0 aromatic heterocycles. The fourth-order valence-corrected chi connectivity index (χ4v) is 1.48. The second-order valence-electron chi connectivity index (χ2n) is 4.43. The van der Waals surface area contributed by atoms with Gasteiger partial charge >= 0.3 is 0 Å². The summed E-state index contributed by atoms with van der Waals surface area (Å²) >= 11 is 11.8. The summed E-state index contributed by atoms with van der Waals surface area (Å²) in [6.45, 7) is 5.67. The van der Waals surface area contributed by atoms with E-state index in [4.69, 9.17) is 27.9 Å². The molecule has 0 heterocycles. The van der Waals surface area contributed by atoms with Crippen molar-refractivity contribution in [2.45, 2.75) is 26.4 Å². The Hall–Kier alpha value is -0.570. The average Bonchev–Trinajstić information content (AvgIpc) is 2.17. The van der Waals surface area contributed by atoms with E-state index in [1.807, 2.05) is 20.8 Å². The lowest BCUT2D eigenvalue weighted by Gasteiger charge is -2.19. The van der Waals surface area contributed by atoms with Crippen LogP contribution >= 0.6 is 23.2 Å². The van der Waals surface area contributed by atoms with E-state index in [1.165, 1.54) is 0 Å². The number of halogens is 2. The van der Waals surface area contributed by atoms with Crippen molar-refractivity contribution < 1.29 is 9.53 Å². The van der Waals surface area contributed by atoms with Crippen LogP contribution in [0.4, 0.5) is 0 Å². The number of Topliss-reactive ketones (excluding diaryl/α,β-unsaturated/α-hetero) is 1. The number of benzene rings is 1. The second kappa shape index (κ2) is 5.17. The van der Waals surface area contributed by atoms with Crippen LogP contribution < -0.4 is 0 Å². The topological polar surface area (TPSA) is 26.3 Å². The third-order valence-corrected chi connectivity index (χ3v) is 2.71. The van der Waals surface area contributed by atoms with E-state index in [1.54, 1.807) is 18.2 Å². The monoisotopic (exact) mass is 260 g/mol. The predicted molar refractivity (Wildman–Crippen MR) is 66.5 cm³/mol. The van der Waals surface area contributed by atoms with Gasteiger partial charge in [-0.05, 0) is 32.9 Å². The van der Waals surface area contributed by atoms with E-state index in [9.17, 15) is 4.79 Å². The number of hydrogen-bond donors (Lipinski definition) is 0. The van der Waals surface area contributed by atoms with Crippen molar-refractivity contribution in [1.29, 1.82) is 0 Å². The molecule has 0 unspecified atom stereocenters. The first-order valence-electron chi connectivity index (χ1n) is 4.92. The third-order valence-electron chi connectivity index (χ3n) is 1.89. The normalized spacial score (nSPS) is 11.6. The van der Waals surface area contributed by atoms with Crippen molar-refractivity contribution in [2.24, 2.45) is 0 Å². The summed E-state index contributed by atoms with van der Waals surface area (Å²) in [5.41, 5.74) is 0.0548. The van der Waals surface area contributed by atoms with Crippen molar-refractivity contribution in [3.63, 3.8) is 0 Å². The highest BCUT2D eigenvalue weighted by Crippen LogP contribution is 2.26. The number of rotatable bonds is 3. The Bertz CT molecular complexity index is 394. The number of hydrogen-bond acceptors (Lipinski definition) is 2. The summed E-state index contributed by atoms with van der Waals surface area (Å²) in [6, 6.07) is 4.98. The third kappa shape index (κ3) is 3.78. The summed E-state index contributed by atoms with van der Waals surface area (Å²) < 4.78 is 5.39. The van der Waals surface area contributed by atoms with Crippen LogP contribution in [0.1, 0.15) is 31.1 Å². The molecule has 1 aromatic carbocycles. The number of carbonyl (C=O) groups is 1. The lowest BCUT2D eigenvalue weighted by Crippen LogP contribution is -2.23. The van der Waals surface area contributed by atoms with Gasteiger partial charge in [-0.15, -0.1) is 0 Å². The van der Waals surface area contributed by atoms with Crippen molar-refractivity contribution in [3.8, 4) is 0 Å². The summed E-state index contributed by atoms with van der Waals surface area (Å²) in [7, 11) is 0. The maximum Gasteiger partial charge on any atom is 0.190 e. The van der Waals surface area contributed by atoms with Gasteiger partial charge in [-0.25, -0.2) is 0 Å². The zero-order valence-corrected chi connectivity index (χ0v) is 11.0. The Morgan fingerprint density at radius 1 is 1.31 bits per heavy atom. The van der Waals surface area contributed by atoms with Gasteiger partial charge < -0.3 is 4.74 Å². The minimum Gasteiger partial charge on any atom is -0.368 e. The summed E-state index contributed by atoms with van der Waals surface area (Å²) in [5, 5.41) is 0.662. The molecular formula is C12H14Cl2O2. The molecule has 1 rings (SSSR count). The highest BCUT2D eigenvalue weighted by atomic mass is 35.5. The minimum atomic E-state index is -0.347. The fraction of sp³-hybridized carbons (Fsp3) is 0.417. The van der Waals surface area contributed by atoms with Crippen LogP contribution in [0, 0.1) is 0 Å². The van der Waals surface area contributed by atoms with Gasteiger partial charge in [-0.1, -0.05) is 29.3 Å². The molecule has 0 aliphatic rings. The SMILES string of the molecule is CC(C)(C)OCC(=O)c1cccc(Cl)c1Cl. The maximum absolute atomic E-state index is 11.8. The van der Waals surface area contributed by atoms with Gasteiger partial charge in [-0.3, -0.25) is 4.79 Å². The molecule has 0 spiro atoms. The molecule has 0 aliphatic carbocycles. The highest BCUT2D eigenvalue weighted by molar-refractivity contribution is 6.43. The van der Waals surface area contributed by atoms with E-state index in [2.05, 4.69) is 0 Å². The molecule has 0 saturated carbocycles. The minimum absolute atomic E-state index is 0.00353. The van der Waals surface area contributed by atoms with Crippen LogP contribution in [-0.2, 0) is 4.74 Å². The van der Waals surface area contributed by atoms with Gasteiger partial charge in [0.2, 0.25) is 0 Å². The standard InChI is InChI=1S/C12H14Cl2O2/c1-12(2,3)16-7-10(15)8-5-4-6-9(13)11(8)14/h4-6H,7H2,1-3H3. The zero-order chi connectivity index (χ0) is 12.3. The molecule has 1 aromatic rings. The predicted octanol–water partition coefficient (Wildman–Crippen LogP) is 3.99. The molecule has 0 fully saturated rings. The summed E-state index contributed by atoms with van der Waals surface area (Å²) in [6.07, 6.45) is 0. The Balaban J connectivity index is 2.78. The van der Waals surface area contributed by atoms with Gasteiger partial charge in [0, 0.05) is 5.56 Å². The van der Waals surface area contributed by atoms with E-state index in [0.29, 0.717) is 10.6 Å². The first-order valence-corrected chi connectivity index (χ1v) is 5.68. The molecule has 2 nitrogen and oxygen atoms in total. The number of carbonyl (C=O) groups excluding carboxylic acids is 1. The fourth-order valence-electron chi connectivity index (χ4n) is 1.08. The summed E-state index contributed by atoms with van der Waals surface area (Å²) in [4.78, 5) is 11.8. The molecule has 0 atom stereocenters. The molecule has 0 radical (unpaired) electrons. The van der Waals surface area contributed by atoms with Gasteiger partial charge in [-0.2, -0.15) is 0 Å². The molecule has 0 saturated heterocycles. The van der Waals surface area contributed by atoms with Crippen LogP contribution in [0.3, 0.4) is 0 Å². The number of ketones is 1. The molecule has 0 bridgehead atoms. The van der Waals surface area contributed by atoms with Crippen LogP contribution in [-0.4, -0.2) is 18.0 Å². The van der Waals surface area contributed by atoms with E-state index < -0.39 is 0 Å². The average molecular weight is 261 g/mol. The zero-order valence-electron chi connectivity index (χ0n) is 9.51. The quantitative estimate of drug-likeness (QED) is 0.769. The second-order valence-corrected chi connectivity index (χ2v) is 5.21. The smallest absolute Gasteiger partial charge is 0.190 e.